The highest BCUT2D eigenvalue weighted by molar-refractivity contribution is 8.04. The van der Waals surface area contributed by atoms with Crippen molar-refractivity contribution in [3.8, 4) is 0 Å². The van der Waals surface area contributed by atoms with E-state index >= 15 is 0 Å². The summed E-state index contributed by atoms with van der Waals surface area (Å²) in [5.74, 6) is 1.90. The molecule has 1 saturated carbocycles. The third kappa shape index (κ3) is 3.70. The van der Waals surface area contributed by atoms with E-state index in [9.17, 15) is 9.90 Å². The molecule has 0 amide bonds. The lowest BCUT2D eigenvalue weighted by Crippen LogP contribution is -2.26. The molecule has 6 nitrogen and oxygen atoms in total. The maximum absolute atomic E-state index is 11.7. The Hall–Kier alpha value is -1.31. The zero-order valence-electron chi connectivity index (χ0n) is 15.2. The zero-order valence-corrected chi connectivity index (χ0v) is 16.8. The van der Waals surface area contributed by atoms with Crippen LogP contribution in [0.3, 0.4) is 0 Å². The Kier molecular flexibility index (Phi) is 5.79. The first kappa shape index (κ1) is 19.5. The summed E-state index contributed by atoms with van der Waals surface area (Å²) in [5, 5.41) is 13.4. The molecule has 2 heterocycles. The molecule has 26 heavy (non-hydrogen) atoms. The number of thioether (sulfide) groups is 1. The van der Waals surface area contributed by atoms with Crippen LogP contribution in [0.25, 0.3) is 0 Å². The van der Waals surface area contributed by atoms with Gasteiger partial charge in [0, 0.05) is 28.4 Å². The number of halogens is 1. The Morgan fingerprint density at radius 1 is 1.42 bits per heavy atom. The highest BCUT2D eigenvalue weighted by Crippen LogP contribution is 2.48. The van der Waals surface area contributed by atoms with Crippen LogP contribution in [0.4, 0.5) is 11.8 Å². The smallest absolute Gasteiger partial charge is 0.223 e. The summed E-state index contributed by atoms with van der Waals surface area (Å²) in [6.07, 6.45) is 3.52. The van der Waals surface area contributed by atoms with Gasteiger partial charge in [0.2, 0.25) is 5.95 Å². The van der Waals surface area contributed by atoms with Gasteiger partial charge in [0.15, 0.2) is 5.78 Å². The van der Waals surface area contributed by atoms with Crippen LogP contribution in [-0.2, 0) is 4.79 Å². The molecule has 0 bridgehead atoms. The van der Waals surface area contributed by atoms with Gasteiger partial charge in [-0.3, -0.25) is 4.79 Å². The number of nitrogens with two attached hydrogens (primary N) is 1. The minimum atomic E-state index is -0.00716. The van der Waals surface area contributed by atoms with Gasteiger partial charge in [-0.25, -0.2) is 4.98 Å². The van der Waals surface area contributed by atoms with Crippen LogP contribution < -0.4 is 11.1 Å². The predicted molar refractivity (Wildman–Crippen MR) is 106 cm³/mol. The minimum Gasteiger partial charge on any atom is -0.396 e. The lowest BCUT2D eigenvalue weighted by molar-refractivity contribution is -0.112. The predicted octanol–water partition coefficient (Wildman–Crippen LogP) is 3.43. The second kappa shape index (κ2) is 7.74. The number of aromatic nitrogens is 2. The Bertz CT molecular complexity index is 742. The number of rotatable bonds is 5. The van der Waals surface area contributed by atoms with E-state index in [1.54, 1.807) is 6.92 Å². The summed E-state index contributed by atoms with van der Waals surface area (Å²) in [4.78, 5) is 20.9. The van der Waals surface area contributed by atoms with E-state index in [1.807, 2.05) is 6.08 Å². The van der Waals surface area contributed by atoms with Crippen LogP contribution in [0.15, 0.2) is 11.0 Å². The molecule has 1 fully saturated rings. The molecule has 0 saturated heterocycles. The first-order valence-electron chi connectivity index (χ1n) is 8.89. The van der Waals surface area contributed by atoms with Crippen molar-refractivity contribution in [1.82, 2.24) is 9.97 Å². The fourth-order valence-electron chi connectivity index (χ4n) is 3.88. The number of allylic oxidation sites excluding steroid dienone is 2. The van der Waals surface area contributed by atoms with Crippen LogP contribution in [0.5, 0.6) is 0 Å². The van der Waals surface area contributed by atoms with Crippen LogP contribution >= 0.6 is 23.4 Å². The first-order valence-corrected chi connectivity index (χ1v) is 10.2. The van der Waals surface area contributed by atoms with Crippen molar-refractivity contribution in [1.29, 1.82) is 0 Å². The molecule has 5 atom stereocenters. The molecule has 0 radical (unpaired) electrons. The number of carbonyl (C=O) groups is 1. The van der Waals surface area contributed by atoms with E-state index in [0.717, 1.165) is 16.9 Å². The molecule has 0 aromatic carbocycles. The number of nitrogens with one attached hydrogen (secondary N) is 1. The van der Waals surface area contributed by atoms with Gasteiger partial charge in [-0.1, -0.05) is 31.5 Å². The maximum atomic E-state index is 11.7. The molecule has 3 rings (SSSR count). The van der Waals surface area contributed by atoms with E-state index in [-0.39, 0.29) is 35.5 Å². The molecular weight excluding hydrogens is 372 g/mol. The van der Waals surface area contributed by atoms with Crippen molar-refractivity contribution in [2.75, 3.05) is 17.7 Å². The van der Waals surface area contributed by atoms with Crippen molar-refractivity contribution in [2.45, 2.75) is 44.9 Å². The molecule has 1 aromatic rings. The van der Waals surface area contributed by atoms with Gasteiger partial charge in [-0.2, -0.15) is 4.98 Å². The molecule has 1 aromatic heterocycles. The largest absolute Gasteiger partial charge is 0.396 e. The number of aliphatic hydroxyl groups excluding tert-OH is 1. The second-order valence-electron chi connectivity index (χ2n) is 7.25. The van der Waals surface area contributed by atoms with Gasteiger partial charge in [-0.15, -0.1) is 11.8 Å². The van der Waals surface area contributed by atoms with E-state index in [1.165, 1.54) is 11.8 Å². The normalized spacial score (nSPS) is 31.1. The van der Waals surface area contributed by atoms with Crippen molar-refractivity contribution >= 4 is 40.9 Å². The number of anilines is 2. The number of hydrogen-bond donors (Lipinski definition) is 3. The van der Waals surface area contributed by atoms with E-state index in [0.29, 0.717) is 29.2 Å². The third-order valence-corrected chi connectivity index (χ3v) is 7.40. The standard InChI is InChI=1S/C18H25ClN4O2S/c1-8-9(2)12(6-11(8)7-24)21-17-15(16(19)22-18(20)23-17)14-5-4-13(26-14)10(3)25/h4,8-9,11-12,14,24H,5-7H2,1-3H3,(H3,20,21,22,23). The monoisotopic (exact) mass is 396 g/mol. The number of aliphatic hydroxyl groups is 1. The van der Waals surface area contributed by atoms with Gasteiger partial charge >= 0.3 is 0 Å². The Balaban J connectivity index is 1.87. The molecule has 5 unspecified atom stereocenters. The quantitative estimate of drug-likeness (QED) is 0.655. The lowest BCUT2D eigenvalue weighted by atomic mass is 9.92. The highest BCUT2D eigenvalue weighted by Gasteiger charge is 2.38. The summed E-state index contributed by atoms with van der Waals surface area (Å²) in [6, 6.07) is 0.179. The van der Waals surface area contributed by atoms with Crippen molar-refractivity contribution < 1.29 is 9.90 Å². The van der Waals surface area contributed by atoms with Gasteiger partial charge in [0.25, 0.3) is 0 Å². The third-order valence-electron chi connectivity index (χ3n) is 5.69. The van der Waals surface area contributed by atoms with Crippen molar-refractivity contribution in [3.63, 3.8) is 0 Å². The average molecular weight is 397 g/mol. The fraction of sp³-hybridized carbons (Fsp3) is 0.611. The van der Waals surface area contributed by atoms with Gasteiger partial charge < -0.3 is 16.2 Å². The van der Waals surface area contributed by atoms with Gasteiger partial charge in [-0.05, 0) is 37.5 Å². The van der Waals surface area contributed by atoms with Gasteiger partial charge in [0.05, 0.1) is 0 Å². The summed E-state index contributed by atoms with van der Waals surface area (Å²) in [5.41, 5.74) is 6.63. The summed E-state index contributed by atoms with van der Waals surface area (Å²) in [7, 11) is 0. The van der Waals surface area contributed by atoms with Crippen LogP contribution in [0.1, 0.15) is 44.4 Å². The number of nitrogens with zero attached hydrogens (tertiary/aromatic N) is 2. The first-order chi connectivity index (χ1) is 12.3. The Morgan fingerprint density at radius 3 is 2.73 bits per heavy atom. The van der Waals surface area contributed by atoms with Crippen LogP contribution in [0, 0.1) is 17.8 Å². The van der Waals surface area contributed by atoms with E-state index < -0.39 is 0 Å². The summed E-state index contributed by atoms with van der Waals surface area (Å²) < 4.78 is 0. The Labute approximate surface area is 163 Å². The SMILES string of the molecule is CC(=O)C1=CCC(c2c(Cl)nc(N)nc2NC2CC(CO)C(C)C2C)S1. The molecule has 8 heteroatoms. The topological polar surface area (TPSA) is 101 Å². The summed E-state index contributed by atoms with van der Waals surface area (Å²) in [6.45, 7) is 6.11. The number of nitrogen functional groups attached to an aromatic ring is 1. The zero-order chi connectivity index (χ0) is 19.0. The molecule has 2 aliphatic rings. The van der Waals surface area contributed by atoms with E-state index in [4.69, 9.17) is 17.3 Å². The summed E-state index contributed by atoms with van der Waals surface area (Å²) >= 11 is 7.91. The number of carbonyl (C=O) groups excluding carboxylic acids is 1. The molecule has 1 aliphatic carbocycles. The number of hydrogen-bond acceptors (Lipinski definition) is 7. The Morgan fingerprint density at radius 2 is 2.15 bits per heavy atom. The van der Waals surface area contributed by atoms with Crippen molar-refractivity contribution in [3.05, 3.63) is 21.7 Å². The molecule has 1 aliphatic heterocycles. The van der Waals surface area contributed by atoms with Crippen LogP contribution in [-0.4, -0.2) is 33.5 Å². The van der Waals surface area contributed by atoms with E-state index in [2.05, 4.69) is 29.1 Å². The molecular formula is C18H25ClN4O2S. The molecule has 0 spiro atoms. The molecule has 142 valence electrons. The van der Waals surface area contributed by atoms with Gasteiger partial charge in [0.1, 0.15) is 11.0 Å². The minimum absolute atomic E-state index is 0.00716. The lowest BCUT2D eigenvalue weighted by Gasteiger charge is -2.24. The molecule has 4 N–H and O–H groups in total. The van der Waals surface area contributed by atoms with Crippen LogP contribution in [0.2, 0.25) is 5.15 Å². The fourth-order valence-corrected chi connectivity index (χ4v) is 5.45. The number of ketones is 1. The highest BCUT2D eigenvalue weighted by atomic mass is 35.5. The maximum Gasteiger partial charge on any atom is 0.223 e. The average Bonchev–Trinajstić information content (AvgIpc) is 3.15. The second-order valence-corrected chi connectivity index (χ2v) is 8.85. The number of Topliss-reactive ketones (excluding diaryl/α,β-unsaturated/α-hetero) is 1. The van der Waals surface area contributed by atoms with Crippen molar-refractivity contribution in [2.24, 2.45) is 17.8 Å².